The van der Waals surface area contributed by atoms with Crippen LogP contribution in [-0.4, -0.2) is 27.5 Å². The van der Waals surface area contributed by atoms with Crippen LogP contribution in [0, 0.1) is 0 Å². The summed E-state index contributed by atoms with van der Waals surface area (Å²) in [5.41, 5.74) is 0.122. The van der Waals surface area contributed by atoms with Crippen LogP contribution in [-0.2, 0) is 11.3 Å². The summed E-state index contributed by atoms with van der Waals surface area (Å²) in [6, 6.07) is 4.37. The zero-order valence-corrected chi connectivity index (χ0v) is 14.4. The zero-order valence-electron chi connectivity index (χ0n) is 13.6. The number of halogens is 1. The Kier molecular flexibility index (Phi) is 5.33. The van der Waals surface area contributed by atoms with Gasteiger partial charge >= 0.3 is 6.03 Å². The Balaban J connectivity index is 1.64. The lowest BCUT2D eigenvalue weighted by molar-refractivity contribution is -0.120. The van der Waals surface area contributed by atoms with Gasteiger partial charge in [-0.3, -0.25) is 19.5 Å². The van der Waals surface area contributed by atoms with Crippen molar-refractivity contribution in [3.8, 4) is 0 Å². The quantitative estimate of drug-likeness (QED) is 0.875. The van der Waals surface area contributed by atoms with E-state index in [1.54, 1.807) is 12.1 Å². The highest BCUT2D eigenvalue weighted by Crippen LogP contribution is 2.17. The van der Waals surface area contributed by atoms with Gasteiger partial charge in [-0.25, -0.2) is 9.78 Å². The van der Waals surface area contributed by atoms with E-state index in [4.69, 9.17) is 11.6 Å². The Labute approximate surface area is 149 Å². The molecular weight excluding hydrogens is 344 g/mol. The average Bonchev–Trinajstić information content (AvgIpc) is 2.58. The van der Waals surface area contributed by atoms with E-state index < -0.39 is 11.9 Å². The predicted molar refractivity (Wildman–Crippen MR) is 94.6 cm³/mol. The third kappa shape index (κ3) is 4.36. The minimum absolute atomic E-state index is 0.105. The van der Waals surface area contributed by atoms with E-state index in [1.807, 2.05) is 0 Å². The number of imide groups is 1. The van der Waals surface area contributed by atoms with Crippen LogP contribution < -0.4 is 16.2 Å². The van der Waals surface area contributed by atoms with E-state index in [-0.39, 0.29) is 18.1 Å². The van der Waals surface area contributed by atoms with E-state index >= 15 is 0 Å². The molecule has 1 aromatic heterocycles. The number of fused-ring (bicyclic) bond motifs is 1. The maximum atomic E-state index is 12.4. The van der Waals surface area contributed by atoms with Crippen LogP contribution in [0.5, 0.6) is 0 Å². The Morgan fingerprint density at radius 2 is 2.00 bits per heavy atom. The Hall–Kier alpha value is -2.41. The first-order valence-corrected chi connectivity index (χ1v) is 8.66. The Bertz CT molecular complexity index is 859. The molecule has 1 fully saturated rings. The molecule has 1 aliphatic carbocycles. The number of rotatable bonds is 3. The van der Waals surface area contributed by atoms with Gasteiger partial charge in [-0.2, -0.15) is 0 Å². The first-order valence-electron chi connectivity index (χ1n) is 8.28. The van der Waals surface area contributed by atoms with Gasteiger partial charge in [0.25, 0.3) is 5.56 Å². The van der Waals surface area contributed by atoms with Gasteiger partial charge in [0, 0.05) is 11.1 Å². The number of amides is 3. The molecule has 8 heteroatoms. The number of hydrogen-bond donors (Lipinski definition) is 2. The van der Waals surface area contributed by atoms with Crippen LogP contribution in [0.15, 0.2) is 29.3 Å². The highest BCUT2D eigenvalue weighted by atomic mass is 35.5. The average molecular weight is 363 g/mol. The number of aromatic nitrogens is 2. The van der Waals surface area contributed by atoms with E-state index in [9.17, 15) is 14.4 Å². The molecule has 7 nitrogen and oxygen atoms in total. The van der Waals surface area contributed by atoms with Crippen LogP contribution in [0.2, 0.25) is 5.02 Å². The van der Waals surface area contributed by atoms with Gasteiger partial charge in [0.15, 0.2) is 0 Å². The second-order valence-electron chi connectivity index (χ2n) is 6.20. The molecular formula is C17H19ClN4O3. The van der Waals surface area contributed by atoms with Crippen LogP contribution in [0.25, 0.3) is 10.9 Å². The molecule has 25 heavy (non-hydrogen) atoms. The summed E-state index contributed by atoms with van der Waals surface area (Å²) in [5.74, 6) is -0.571. The summed E-state index contributed by atoms with van der Waals surface area (Å²) in [4.78, 5) is 40.5. The number of nitrogens with zero attached hydrogens (tertiary/aromatic N) is 2. The molecule has 0 unspecified atom stereocenters. The molecule has 132 valence electrons. The highest BCUT2D eigenvalue weighted by Gasteiger charge is 2.17. The third-order valence-corrected chi connectivity index (χ3v) is 4.53. The largest absolute Gasteiger partial charge is 0.335 e. The van der Waals surface area contributed by atoms with Crippen molar-refractivity contribution in [1.82, 2.24) is 20.2 Å². The summed E-state index contributed by atoms with van der Waals surface area (Å²) in [6.45, 7) is -0.285. The van der Waals surface area contributed by atoms with Gasteiger partial charge in [0.05, 0.1) is 17.2 Å². The number of benzene rings is 1. The monoisotopic (exact) mass is 362 g/mol. The lowest BCUT2D eigenvalue weighted by atomic mass is 9.96. The van der Waals surface area contributed by atoms with Crippen molar-refractivity contribution in [2.75, 3.05) is 0 Å². The Morgan fingerprint density at radius 1 is 1.24 bits per heavy atom. The molecule has 1 aliphatic rings. The van der Waals surface area contributed by atoms with Crippen molar-refractivity contribution in [2.24, 2.45) is 0 Å². The topological polar surface area (TPSA) is 93.1 Å². The van der Waals surface area contributed by atoms with Crippen LogP contribution in [0.1, 0.15) is 32.1 Å². The van der Waals surface area contributed by atoms with Gasteiger partial charge in [-0.15, -0.1) is 0 Å². The first-order chi connectivity index (χ1) is 12.0. The summed E-state index contributed by atoms with van der Waals surface area (Å²) >= 11 is 5.90. The number of carbonyl (C=O) groups excluding carboxylic acids is 2. The summed E-state index contributed by atoms with van der Waals surface area (Å²) in [5, 5.41) is 5.80. The van der Waals surface area contributed by atoms with Crippen LogP contribution in [0.4, 0.5) is 4.79 Å². The minimum atomic E-state index is -0.571. The molecule has 0 atom stereocenters. The number of urea groups is 1. The normalized spacial score (nSPS) is 15.1. The van der Waals surface area contributed by atoms with Gasteiger partial charge in [0.1, 0.15) is 6.54 Å². The van der Waals surface area contributed by atoms with Crippen molar-refractivity contribution in [1.29, 1.82) is 0 Å². The molecule has 1 heterocycles. The third-order valence-electron chi connectivity index (χ3n) is 4.29. The molecule has 3 amide bonds. The second kappa shape index (κ2) is 7.65. The molecule has 0 radical (unpaired) electrons. The molecule has 1 aromatic carbocycles. The number of hydrogen-bond acceptors (Lipinski definition) is 4. The summed E-state index contributed by atoms with van der Waals surface area (Å²) in [7, 11) is 0. The lowest BCUT2D eigenvalue weighted by Gasteiger charge is -2.22. The van der Waals surface area contributed by atoms with Gasteiger partial charge < -0.3 is 5.32 Å². The molecule has 2 aromatic rings. The minimum Gasteiger partial charge on any atom is -0.335 e. The van der Waals surface area contributed by atoms with Crippen molar-refractivity contribution in [2.45, 2.75) is 44.7 Å². The molecule has 0 aliphatic heterocycles. The van der Waals surface area contributed by atoms with Gasteiger partial charge in [0.2, 0.25) is 5.91 Å². The fourth-order valence-electron chi connectivity index (χ4n) is 3.03. The van der Waals surface area contributed by atoms with E-state index in [0.29, 0.717) is 15.9 Å². The Morgan fingerprint density at radius 3 is 2.76 bits per heavy atom. The van der Waals surface area contributed by atoms with Crippen LogP contribution in [0.3, 0.4) is 0 Å². The van der Waals surface area contributed by atoms with Crippen molar-refractivity contribution >= 4 is 34.4 Å². The molecule has 3 rings (SSSR count). The van der Waals surface area contributed by atoms with E-state index in [0.717, 1.165) is 30.3 Å². The van der Waals surface area contributed by atoms with Crippen LogP contribution >= 0.6 is 11.6 Å². The maximum Gasteiger partial charge on any atom is 0.321 e. The molecule has 0 saturated heterocycles. The lowest BCUT2D eigenvalue weighted by Crippen LogP contribution is -2.46. The predicted octanol–water partition coefficient (Wildman–Crippen LogP) is 2.21. The fourth-order valence-corrected chi connectivity index (χ4v) is 3.21. The zero-order chi connectivity index (χ0) is 17.8. The fraction of sp³-hybridized carbons (Fsp3) is 0.412. The second-order valence-corrected chi connectivity index (χ2v) is 6.63. The van der Waals surface area contributed by atoms with Crippen molar-refractivity contribution in [3.05, 3.63) is 39.9 Å². The molecule has 0 spiro atoms. The number of carbonyl (C=O) groups is 2. The highest BCUT2D eigenvalue weighted by molar-refractivity contribution is 6.31. The maximum absolute atomic E-state index is 12.4. The molecule has 0 bridgehead atoms. The number of nitrogens with one attached hydrogen (secondary N) is 2. The molecule has 2 N–H and O–H groups in total. The SMILES string of the molecule is O=C(Cn1cnc2ccc(Cl)cc2c1=O)NC(=O)NC1CCCCC1. The van der Waals surface area contributed by atoms with Gasteiger partial charge in [-0.1, -0.05) is 30.9 Å². The van der Waals surface area contributed by atoms with Gasteiger partial charge in [-0.05, 0) is 31.0 Å². The molecule has 1 saturated carbocycles. The van der Waals surface area contributed by atoms with Crippen molar-refractivity contribution in [3.63, 3.8) is 0 Å². The first kappa shape index (κ1) is 17.4. The summed E-state index contributed by atoms with van der Waals surface area (Å²) in [6.07, 6.45) is 6.49. The smallest absolute Gasteiger partial charge is 0.321 e. The summed E-state index contributed by atoms with van der Waals surface area (Å²) < 4.78 is 1.15. The van der Waals surface area contributed by atoms with Crippen molar-refractivity contribution < 1.29 is 9.59 Å². The van der Waals surface area contributed by atoms with E-state index in [1.165, 1.54) is 18.8 Å². The standard InChI is InChI=1S/C17H19ClN4O3/c18-11-6-7-14-13(8-11)16(24)22(10-19-14)9-15(23)21-17(25)20-12-4-2-1-3-5-12/h6-8,10,12H,1-5,9H2,(H2,20,21,23,25). The van der Waals surface area contributed by atoms with E-state index in [2.05, 4.69) is 15.6 Å².